The molecule has 11 nitrogen and oxygen atoms in total. The van der Waals surface area contributed by atoms with Crippen LogP contribution in [0.3, 0.4) is 0 Å². The molecular weight excluding hydrogens is 641 g/mol. The average molecular weight is 689 g/mol. The Labute approximate surface area is 290 Å². The number of hydrogen-bond donors (Lipinski definition) is 4. The summed E-state index contributed by atoms with van der Waals surface area (Å²) in [6.45, 7) is 2.65. The average Bonchev–Trinajstić information content (AvgIpc) is 3.85. The molecule has 2 unspecified atom stereocenters. The largest absolute Gasteiger partial charge is 0.351 e. The van der Waals surface area contributed by atoms with E-state index in [2.05, 4.69) is 27.0 Å². The van der Waals surface area contributed by atoms with Gasteiger partial charge in [-0.15, -0.1) is 0 Å². The molecule has 1 aromatic carbocycles. The van der Waals surface area contributed by atoms with Gasteiger partial charge in [0.15, 0.2) is 0 Å². The molecule has 49 heavy (non-hydrogen) atoms. The summed E-state index contributed by atoms with van der Waals surface area (Å²) in [5.41, 5.74) is 0.706. The zero-order valence-electron chi connectivity index (χ0n) is 28.4. The smallest absolute Gasteiger partial charge is 0.268 e. The number of amides is 4. The van der Waals surface area contributed by atoms with E-state index in [0.29, 0.717) is 44.5 Å². The lowest BCUT2D eigenvalue weighted by Crippen LogP contribution is -2.53. The van der Waals surface area contributed by atoms with Crippen LogP contribution < -0.4 is 16.0 Å². The van der Waals surface area contributed by atoms with Crippen LogP contribution in [0, 0.1) is 23.2 Å². The summed E-state index contributed by atoms with van der Waals surface area (Å²) in [4.78, 5) is 72.5. The number of nitriles is 1. The molecule has 0 radical (unpaired) electrons. The van der Waals surface area contributed by atoms with Crippen molar-refractivity contribution >= 4 is 55.7 Å². The fourth-order valence-corrected chi connectivity index (χ4v) is 10.5. The van der Waals surface area contributed by atoms with Gasteiger partial charge in [0.2, 0.25) is 23.5 Å². The minimum atomic E-state index is -1.07. The van der Waals surface area contributed by atoms with Crippen LogP contribution in [0.4, 0.5) is 0 Å². The van der Waals surface area contributed by atoms with E-state index in [1.54, 1.807) is 17.9 Å². The van der Waals surface area contributed by atoms with Crippen LogP contribution in [0.25, 0.3) is 10.9 Å². The number of nitrogens with zero attached hydrogens (tertiary/aromatic N) is 2. The molecule has 262 valence electrons. The van der Waals surface area contributed by atoms with Crippen LogP contribution in [0.5, 0.6) is 0 Å². The second-order valence-corrected chi connectivity index (χ2v) is 16.6. The highest BCUT2D eigenvalue weighted by Gasteiger charge is 2.47. The molecule has 1 aromatic heterocycles. The van der Waals surface area contributed by atoms with Gasteiger partial charge in [0.1, 0.15) is 22.7 Å². The third-order valence-electron chi connectivity index (χ3n) is 11.1. The van der Waals surface area contributed by atoms with Crippen molar-refractivity contribution in [1.29, 1.82) is 5.26 Å². The maximum Gasteiger partial charge on any atom is 0.268 e. The van der Waals surface area contributed by atoms with Crippen LogP contribution in [0.15, 0.2) is 30.3 Å². The number of carbonyl (C=O) groups excluding carboxylic acids is 5. The fourth-order valence-electron chi connectivity index (χ4n) is 8.23. The van der Waals surface area contributed by atoms with Crippen molar-refractivity contribution in [3.05, 3.63) is 36.0 Å². The molecule has 4 aliphatic rings. The van der Waals surface area contributed by atoms with Gasteiger partial charge in [-0.25, -0.2) is 0 Å². The van der Waals surface area contributed by atoms with Crippen molar-refractivity contribution in [3.63, 3.8) is 0 Å². The van der Waals surface area contributed by atoms with Gasteiger partial charge in [-0.3, -0.25) is 24.0 Å². The van der Waals surface area contributed by atoms with Gasteiger partial charge >= 0.3 is 0 Å². The molecule has 0 bridgehead atoms. The molecule has 4 amide bonds. The topological polar surface area (TPSA) is 164 Å². The summed E-state index contributed by atoms with van der Waals surface area (Å²) in [7, 11) is -0.477. The summed E-state index contributed by atoms with van der Waals surface area (Å²) in [6, 6.07) is 9.56. The quantitative estimate of drug-likeness (QED) is 0.276. The number of aromatic nitrogens is 1. The Morgan fingerprint density at radius 1 is 1.00 bits per heavy atom. The first-order valence-electron chi connectivity index (χ1n) is 17.9. The lowest BCUT2D eigenvalue weighted by atomic mass is 9.81. The molecule has 4 N–H and O–H groups in total. The Morgan fingerprint density at radius 2 is 1.71 bits per heavy atom. The summed E-state index contributed by atoms with van der Waals surface area (Å²) >= 11 is 0. The first-order chi connectivity index (χ1) is 23.6. The molecule has 2 aromatic rings. The van der Waals surface area contributed by atoms with Crippen LogP contribution in [-0.4, -0.2) is 86.4 Å². The standard InChI is InChI=1S/C37H48N6O5S/c1-24(44)43-15-13-37(14-16-43)22-27(34(46)42-37)21-29(33(45)32(23-38)49-17-7-8-18-49)40-35(47)30(19-25-9-3-2-4-10-25)41-36(48)31-20-26-11-5-6-12-28(26)39-31/h5-6,11-12,20,25,27,29-30,39H,2-4,7-10,13-19,21-22H2,1H3,(H,40,47)(H,41,48)(H,42,46)/t27?,29?,30-/m0/s1. The Morgan fingerprint density at radius 3 is 2.39 bits per heavy atom. The second kappa shape index (κ2) is 15.3. The molecule has 4 heterocycles. The van der Waals surface area contributed by atoms with E-state index in [4.69, 9.17) is 0 Å². The highest BCUT2D eigenvalue weighted by atomic mass is 32.2. The minimum absolute atomic E-state index is 0.0100. The van der Waals surface area contributed by atoms with Crippen molar-refractivity contribution in [3.8, 4) is 6.07 Å². The molecular formula is C37H48N6O5S. The Balaban J connectivity index is 1.23. The van der Waals surface area contributed by atoms with Gasteiger partial charge in [0, 0.05) is 42.4 Å². The number of para-hydroxylation sites is 1. The summed E-state index contributed by atoms with van der Waals surface area (Å²) < 4.78 is 0. The lowest BCUT2D eigenvalue weighted by molar-refractivity contribution is -0.130. The van der Waals surface area contributed by atoms with Gasteiger partial charge in [-0.1, -0.05) is 50.3 Å². The highest BCUT2D eigenvalue weighted by molar-refractivity contribution is 8.17. The first-order valence-corrected chi connectivity index (χ1v) is 19.5. The maximum atomic E-state index is 14.2. The van der Waals surface area contributed by atoms with E-state index in [1.807, 2.05) is 24.3 Å². The molecule has 4 fully saturated rings. The van der Waals surface area contributed by atoms with Crippen LogP contribution in [-0.2, 0) is 19.2 Å². The fraction of sp³-hybridized carbons (Fsp3) is 0.595. The van der Waals surface area contributed by atoms with Gasteiger partial charge in [0.05, 0.1) is 6.04 Å². The van der Waals surface area contributed by atoms with E-state index in [1.165, 1.54) is 0 Å². The number of rotatable bonds is 10. The van der Waals surface area contributed by atoms with Crippen molar-refractivity contribution in [1.82, 2.24) is 25.8 Å². The number of fused-ring (bicyclic) bond motifs is 1. The van der Waals surface area contributed by atoms with E-state index in [-0.39, 0.29) is 29.0 Å². The predicted molar refractivity (Wildman–Crippen MR) is 190 cm³/mol. The molecule has 1 saturated carbocycles. The van der Waals surface area contributed by atoms with Gasteiger partial charge in [-0.2, -0.15) is 15.7 Å². The number of H-pyrrole nitrogens is 1. The van der Waals surface area contributed by atoms with Crippen LogP contribution >= 0.6 is 10.5 Å². The molecule has 6 rings (SSSR count). The van der Waals surface area contributed by atoms with Gasteiger partial charge in [0.25, 0.3) is 5.91 Å². The number of ketones is 1. The molecule has 1 spiro atoms. The number of piperidine rings is 1. The normalized spacial score (nSPS) is 22.3. The zero-order chi connectivity index (χ0) is 34.5. The number of Topliss-reactive ketones (excluding diaryl/α,β-unsaturated/α-hetero) is 1. The Bertz CT molecular complexity index is 1640. The van der Waals surface area contributed by atoms with E-state index in [0.717, 1.165) is 67.4 Å². The molecule has 1 aliphatic carbocycles. The lowest BCUT2D eigenvalue weighted by Gasteiger charge is -2.39. The summed E-state index contributed by atoms with van der Waals surface area (Å²) in [5, 5.41) is 20.2. The number of likely N-dealkylation sites (tertiary alicyclic amines) is 1. The molecule has 3 saturated heterocycles. The molecule has 3 atom stereocenters. The first kappa shape index (κ1) is 34.9. The minimum Gasteiger partial charge on any atom is -0.351 e. The number of aromatic amines is 1. The van der Waals surface area contributed by atoms with E-state index >= 15 is 0 Å². The predicted octanol–water partition coefficient (Wildman–Crippen LogP) is 3.96. The van der Waals surface area contributed by atoms with E-state index in [9.17, 15) is 29.2 Å². The van der Waals surface area contributed by atoms with E-state index < -0.39 is 51.6 Å². The number of carbonyl (C=O) groups is 5. The molecule has 3 aliphatic heterocycles. The monoisotopic (exact) mass is 688 g/mol. The SMILES string of the molecule is CC(=O)N1CCC2(CC1)CC(CC(NC(=O)[C@H](CC1CCCCC1)NC(=O)c1cc3ccccc3[nH]1)C(=O)C(C#N)=S1CCCC1)C(=O)N2. The number of benzene rings is 1. The Kier molecular flexibility index (Phi) is 10.9. The van der Waals surface area contributed by atoms with Crippen molar-refractivity contribution < 1.29 is 24.0 Å². The van der Waals surface area contributed by atoms with Crippen LogP contribution in [0.2, 0.25) is 0 Å². The van der Waals surface area contributed by atoms with Crippen molar-refractivity contribution in [2.24, 2.45) is 11.8 Å². The van der Waals surface area contributed by atoms with Gasteiger partial charge < -0.3 is 25.8 Å². The third kappa shape index (κ3) is 8.09. The van der Waals surface area contributed by atoms with Crippen molar-refractivity contribution in [2.45, 2.75) is 102 Å². The molecule has 12 heteroatoms. The number of hydrogen-bond acceptors (Lipinski definition) is 6. The van der Waals surface area contributed by atoms with Crippen LogP contribution in [0.1, 0.15) is 94.5 Å². The Hall–Kier alpha value is -3.98. The zero-order valence-corrected chi connectivity index (χ0v) is 29.2. The summed E-state index contributed by atoms with van der Waals surface area (Å²) in [5.74, 6) is -0.179. The third-order valence-corrected chi connectivity index (χ3v) is 13.5. The summed E-state index contributed by atoms with van der Waals surface area (Å²) in [6.07, 6.45) is 9.39. The highest BCUT2D eigenvalue weighted by Crippen LogP contribution is 2.37. The van der Waals surface area contributed by atoms with Crippen molar-refractivity contribution in [2.75, 3.05) is 24.6 Å². The second-order valence-electron chi connectivity index (χ2n) is 14.4. The number of nitrogens with one attached hydrogen (secondary N) is 4. The van der Waals surface area contributed by atoms with Gasteiger partial charge in [-0.05, 0) is 74.5 Å². The maximum absolute atomic E-state index is 14.2.